The van der Waals surface area contributed by atoms with E-state index in [-0.39, 0.29) is 5.91 Å². The number of ether oxygens (including phenoxy) is 1. The van der Waals surface area contributed by atoms with Crippen LogP contribution in [0, 0.1) is 0 Å². The SMILES string of the molecule is Cn1cc(-c2cccc(CCNC(=O)c3ccc4cnc(NC5CCOCC5)cc4n3)c2)cn1. The van der Waals surface area contributed by atoms with E-state index in [4.69, 9.17) is 4.74 Å². The molecule has 0 unspecified atom stereocenters. The highest BCUT2D eigenvalue weighted by Crippen LogP contribution is 2.20. The summed E-state index contributed by atoms with van der Waals surface area (Å²) in [7, 11) is 1.91. The Balaban J connectivity index is 1.21. The molecule has 174 valence electrons. The summed E-state index contributed by atoms with van der Waals surface area (Å²) in [6.07, 6.45) is 8.29. The van der Waals surface area contributed by atoms with Crippen molar-refractivity contribution in [2.24, 2.45) is 7.05 Å². The van der Waals surface area contributed by atoms with E-state index in [9.17, 15) is 4.79 Å². The predicted molar refractivity (Wildman–Crippen MR) is 132 cm³/mol. The molecule has 5 rings (SSSR count). The highest BCUT2D eigenvalue weighted by atomic mass is 16.5. The van der Waals surface area contributed by atoms with Crippen LogP contribution in [-0.2, 0) is 18.2 Å². The minimum atomic E-state index is -0.180. The zero-order valence-corrected chi connectivity index (χ0v) is 19.2. The molecule has 1 saturated heterocycles. The lowest BCUT2D eigenvalue weighted by atomic mass is 10.0. The Morgan fingerprint density at radius 3 is 2.82 bits per heavy atom. The number of aryl methyl sites for hydroxylation is 1. The third-order valence-electron chi connectivity index (χ3n) is 6.04. The lowest BCUT2D eigenvalue weighted by molar-refractivity contribution is 0.0903. The van der Waals surface area contributed by atoms with Gasteiger partial charge < -0.3 is 15.4 Å². The molecule has 1 amide bonds. The fraction of sp³-hybridized carbons (Fsp3) is 0.308. The van der Waals surface area contributed by atoms with Gasteiger partial charge >= 0.3 is 0 Å². The molecule has 0 radical (unpaired) electrons. The number of hydrogen-bond donors (Lipinski definition) is 2. The van der Waals surface area contributed by atoms with Gasteiger partial charge in [-0.15, -0.1) is 0 Å². The van der Waals surface area contributed by atoms with Crippen molar-refractivity contribution >= 4 is 22.6 Å². The zero-order chi connectivity index (χ0) is 23.3. The Hall–Kier alpha value is -3.78. The maximum atomic E-state index is 12.7. The molecule has 2 N–H and O–H groups in total. The highest BCUT2D eigenvalue weighted by molar-refractivity contribution is 5.95. The van der Waals surface area contributed by atoms with Crippen LogP contribution in [0.3, 0.4) is 0 Å². The van der Waals surface area contributed by atoms with E-state index in [1.807, 2.05) is 37.6 Å². The number of carbonyl (C=O) groups is 1. The molecule has 0 saturated carbocycles. The van der Waals surface area contributed by atoms with Crippen LogP contribution >= 0.6 is 0 Å². The molecule has 34 heavy (non-hydrogen) atoms. The summed E-state index contributed by atoms with van der Waals surface area (Å²) in [6, 6.07) is 14.2. The third-order valence-corrected chi connectivity index (χ3v) is 6.04. The molecular formula is C26H28N6O2. The Labute approximate surface area is 198 Å². The highest BCUT2D eigenvalue weighted by Gasteiger charge is 2.15. The van der Waals surface area contributed by atoms with E-state index in [1.54, 1.807) is 16.9 Å². The molecule has 1 fully saturated rings. The van der Waals surface area contributed by atoms with Gasteiger partial charge in [0.25, 0.3) is 5.91 Å². The topological polar surface area (TPSA) is 94.0 Å². The fourth-order valence-corrected chi connectivity index (χ4v) is 4.16. The van der Waals surface area contributed by atoms with Crippen LogP contribution in [0.2, 0.25) is 0 Å². The molecule has 4 aromatic rings. The van der Waals surface area contributed by atoms with Crippen LogP contribution in [0.1, 0.15) is 28.9 Å². The number of fused-ring (bicyclic) bond motifs is 1. The number of anilines is 1. The number of aromatic nitrogens is 4. The first-order valence-electron chi connectivity index (χ1n) is 11.6. The van der Waals surface area contributed by atoms with E-state index in [2.05, 4.69) is 43.9 Å². The molecule has 8 nitrogen and oxygen atoms in total. The summed E-state index contributed by atoms with van der Waals surface area (Å²) in [5.74, 6) is 0.596. The summed E-state index contributed by atoms with van der Waals surface area (Å²) in [5.41, 5.74) is 4.50. The van der Waals surface area contributed by atoms with Gasteiger partial charge in [0, 0.05) is 62.3 Å². The minimum absolute atomic E-state index is 0.180. The maximum Gasteiger partial charge on any atom is 0.269 e. The largest absolute Gasteiger partial charge is 0.381 e. The van der Waals surface area contributed by atoms with Gasteiger partial charge in [0.15, 0.2) is 0 Å². The van der Waals surface area contributed by atoms with Gasteiger partial charge in [-0.25, -0.2) is 9.97 Å². The molecule has 0 atom stereocenters. The van der Waals surface area contributed by atoms with Gasteiger partial charge in [-0.05, 0) is 42.5 Å². The van der Waals surface area contributed by atoms with Crippen molar-refractivity contribution in [2.45, 2.75) is 25.3 Å². The fourth-order valence-electron chi connectivity index (χ4n) is 4.16. The summed E-state index contributed by atoms with van der Waals surface area (Å²) < 4.78 is 7.21. The average molecular weight is 457 g/mol. The van der Waals surface area contributed by atoms with Crippen molar-refractivity contribution in [1.82, 2.24) is 25.1 Å². The monoisotopic (exact) mass is 456 g/mol. The number of nitrogens with one attached hydrogen (secondary N) is 2. The molecule has 0 spiro atoms. The first-order chi connectivity index (χ1) is 16.6. The van der Waals surface area contributed by atoms with Crippen molar-refractivity contribution in [3.8, 4) is 11.1 Å². The van der Waals surface area contributed by atoms with E-state index in [0.717, 1.165) is 65.9 Å². The van der Waals surface area contributed by atoms with Gasteiger partial charge in [0.2, 0.25) is 0 Å². The number of rotatable bonds is 7. The molecule has 1 aliphatic rings. The standard InChI is InChI=1S/C26H28N6O2/c1-32-17-21(16-29-32)19-4-2-3-18(13-19)7-10-27-26(33)23-6-5-20-15-28-25(14-24(20)31-23)30-22-8-11-34-12-9-22/h2-6,13-17,22H,7-12H2,1H3,(H,27,33)(H,28,30). The smallest absolute Gasteiger partial charge is 0.269 e. The lowest BCUT2D eigenvalue weighted by Crippen LogP contribution is -2.28. The first-order valence-corrected chi connectivity index (χ1v) is 11.6. The van der Waals surface area contributed by atoms with Gasteiger partial charge in [0.1, 0.15) is 11.5 Å². The van der Waals surface area contributed by atoms with E-state index >= 15 is 0 Å². The lowest BCUT2D eigenvalue weighted by Gasteiger charge is -2.23. The van der Waals surface area contributed by atoms with Crippen LogP contribution < -0.4 is 10.6 Å². The quantitative estimate of drug-likeness (QED) is 0.441. The third kappa shape index (κ3) is 5.23. The van der Waals surface area contributed by atoms with E-state index < -0.39 is 0 Å². The molecule has 0 aliphatic carbocycles. The normalized spacial score (nSPS) is 14.3. The molecular weight excluding hydrogens is 428 g/mol. The predicted octanol–water partition coefficient (Wildman–Crippen LogP) is 3.59. The number of amides is 1. The number of nitrogens with zero attached hydrogens (tertiary/aromatic N) is 4. The van der Waals surface area contributed by atoms with Crippen molar-refractivity contribution in [1.29, 1.82) is 0 Å². The summed E-state index contributed by atoms with van der Waals surface area (Å²) in [5, 5.41) is 11.6. The summed E-state index contributed by atoms with van der Waals surface area (Å²) in [4.78, 5) is 21.8. The molecule has 3 aromatic heterocycles. The number of carbonyl (C=O) groups excluding carboxylic acids is 1. The summed E-state index contributed by atoms with van der Waals surface area (Å²) >= 11 is 0. The van der Waals surface area contributed by atoms with Crippen LogP contribution in [-0.4, -0.2) is 51.5 Å². The second-order valence-corrected chi connectivity index (χ2v) is 8.60. The minimum Gasteiger partial charge on any atom is -0.381 e. The maximum absolute atomic E-state index is 12.7. The molecule has 4 heterocycles. The Kier molecular flexibility index (Phi) is 6.49. The van der Waals surface area contributed by atoms with Crippen LogP contribution in [0.5, 0.6) is 0 Å². The average Bonchev–Trinajstić information content (AvgIpc) is 3.31. The van der Waals surface area contributed by atoms with Gasteiger partial charge in [-0.2, -0.15) is 5.10 Å². The van der Waals surface area contributed by atoms with Gasteiger partial charge in [-0.1, -0.05) is 24.3 Å². The second-order valence-electron chi connectivity index (χ2n) is 8.60. The number of hydrogen-bond acceptors (Lipinski definition) is 6. The molecule has 1 aliphatic heterocycles. The molecule has 8 heteroatoms. The van der Waals surface area contributed by atoms with Crippen LogP contribution in [0.25, 0.3) is 22.0 Å². The Morgan fingerprint density at radius 1 is 1.12 bits per heavy atom. The van der Waals surface area contributed by atoms with Crippen molar-refractivity contribution in [3.05, 3.63) is 72.3 Å². The van der Waals surface area contributed by atoms with Crippen molar-refractivity contribution < 1.29 is 9.53 Å². The van der Waals surface area contributed by atoms with Crippen LogP contribution in [0.15, 0.2) is 61.1 Å². The van der Waals surface area contributed by atoms with Crippen LogP contribution in [0.4, 0.5) is 5.82 Å². The van der Waals surface area contributed by atoms with E-state index in [1.165, 1.54) is 0 Å². The summed E-state index contributed by atoms with van der Waals surface area (Å²) in [6.45, 7) is 2.06. The van der Waals surface area contributed by atoms with Gasteiger partial charge in [-0.3, -0.25) is 9.48 Å². The Bertz CT molecular complexity index is 1300. The number of pyridine rings is 2. The van der Waals surface area contributed by atoms with Gasteiger partial charge in [0.05, 0.1) is 11.7 Å². The molecule has 1 aromatic carbocycles. The zero-order valence-electron chi connectivity index (χ0n) is 19.2. The number of benzene rings is 1. The second kappa shape index (κ2) is 10.0. The molecule has 0 bridgehead atoms. The van der Waals surface area contributed by atoms with E-state index in [0.29, 0.717) is 18.3 Å². The first kappa shape index (κ1) is 22.0. The van der Waals surface area contributed by atoms with Crippen molar-refractivity contribution in [2.75, 3.05) is 25.1 Å². The van der Waals surface area contributed by atoms with Crippen molar-refractivity contribution in [3.63, 3.8) is 0 Å². The Morgan fingerprint density at radius 2 is 2.00 bits per heavy atom.